The fraction of sp³-hybridized carbons (Fsp3) is 0.500. The molecule has 0 unspecified atom stereocenters. The first-order valence-electron chi connectivity index (χ1n) is 8.21. The number of hydrogen-bond donors (Lipinski definition) is 2. The zero-order valence-electron chi connectivity index (χ0n) is 15.3. The Kier molecular flexibility index (Phi) is 6.66. The number of esters is 2. The third kappa shape index (κ3) is 4.76. The van der Waals surface area contributed by atoms with Crippen LogP contribution in [0.4, 0.5) is 0 Å². The standard InChI is InChI=1S/C18H24N2O5S/c1-18(2)14(17(23)25-4)20-15(26-18)13(16(22)24-3)19-12(21)10-11-8-6-5-7-9-11/h5-9,13-15,20H,10H2,1-4H3,(H,19,21)/t13-,14+,15-/m0/s1. The first-order valence-corrected chi connectivity index (χ1v) is 9.09. The number of benzene rings is 1. The van der Waals surface area contributed by atoms with E-state index in [2.05, 4.69) is 10.6 Å². The highest BCUT2D eigenvalue weighted by molar-refractivity contribution is 8.01. The van der Waals surface area contributed by atoms with Gasteiger partial charge in [0.2, 0.25) is 5.91 Å². The Hall–Kier alpha value is -2.06. The summed E-state index contributed by atoms with van der Waals surface area (Å²) in [6, 6.07) is 7.72. The van der Waals surface area contributed by atoms with Crippen molar-refractivity contribution in [3.8, 4) is 0 Å². The van der Waals surface area contributed by atoms with E-state index in [0.717, 1.165) is 5.56 Å². The van der Waals surface area contributed by atoms with Gasteiger partial charge >= 0.3 is 11.9 Å². The minimum absolute atomic E-state index is 0.148. The van der Waals surface area contributed by atoms with E-state index in [9.17, 15) is 14.4 Å². The van der Waals surface area contributed by atoms with Crippen LogP contribution in [0.1, 0.15) is 19.4 Å². The summed E-state index contributed by atoms with van der Waals surface area (Å²) in [7, 11) is 2.58. The van der Waals surface area contributed by atoms with Crippen LogP contribution in [0.15, 0.2) is 30.3 Å². The van der Waals surface area contributed by atoms with Crippen LogP contribution in [-0.2, 0) is 30.3 Å². The lowest BCUT2D eigenvalue weighted by Crippen LogP contribution is -2.54. The van der Waals surface area contributed by atoms with Crippen molar-refractivity contribution in [2.75, 3.05) is 14.2 Å². The molecule has 1 heterocycles. The van der Waals surface area contributed by atoms with Crippen LogP contribution in [-0.4, -0.2) is 54.3 Å². The maximum absolute atomic E-state index is 12.4. The summed E-state index contributed by atoms with van der Waals surface area (Å²) < 4.78 is 9.16. The van der Waals surface area contributed by atoms with Gasteiger partial charge in [-0.25, -0.2) is 4.79 Å². The number of thioether (sulfide) groups is 1. The lowest BCUT2D eigenvalue weighted by atomic mass is 10.0. The monoisotopic (exact) mass is 380 g/mol. The number of carbonyl (C=O) groups excluding carboxylic acids is 3. The SMILES string of the molecule is COC(=O)[C@@H](NC(=O)Cc1ccccc1)[C@H]1N[C@H](C(=O)OC)C(C)(C)S1. The van der Waals surface area contributed by atoms with Gasteiger partial charge in [0.1, 0.15) is 6.04 Å². The van der Waals surface area contributed by atoms with Crippen molar-refractivity contribution in [2.45, 2.75) is 42.5 Å². The van der Waals surface area contributed by atoms with Crippen molar-refractivity contribution in [1.82, 2.24) is 10.6 Å². The van der Waals surface area contributed by atoms with Gasteiger partial charge in [-0.2, -0.15) is 0 Å². The fourth-order valence-electron chi connectivity index (χ4n) is 2.82. The predicted octanol–water partition coefficient (Wildman–Crippen LogP) is 0.870. The number of carbonyl (C=O) groups is 3. The van der Waals surface area contributed by atoms with Gasteiger partial charge in [0, 0.05) is 4.75 Å². The van der Waals surface area contributed by atoms with Gasteiger partial charge in [0.15, 0.2) is 6.04 Å². The second kappa shape index (κ2) is 8.55. The Labute approximate surface area is 157 Å². The first kappa shape index (κ1) is 20.3. The van der Waals surface area contributed by atoms with Gasteiger partial charge in [-0.15, -0.1) is 11.8 Å². The summed E-state index contributed by atoms with van der Waals surface area (Å²) in [6.07, 6.45) is 0.148. The summed E-state index contributed by atoms with van der Waals surface area (Å²) >= 11 is 1.39. The van der Waals surface area contributed by atoms with Crippen LogP contribution in [0.5, 0.6) is 0 Å². The first-order chi connectivity index (χ1) is 12.3. The fourth-order valence-corrected chi connectivity index (χ4v) is 4.29. The molecule has 2 N–H and O–H groups in total. The summed E-state index contributed by atoms with van der Waals surface area (Å²) in [6.45, 7) is 3.76. The molecule has 1 fully saturated rings. The van der Waals surface area contributed by atoms with Crippen molar-refractivity contribution < 1.29 is 23.9 Å². The molecular formula is C18H24N2O5S. The van der Waals surface area contributed by atoms with Crippen LogP contribution in [0, 0.1) is 0 Å². The zero-order chi connectivity index (χ0) is 19.3. The lowest BCUT2D eigenvalue weighted by Gasteiger charge is -2.23. The predicted molar refractivity (Wildman–Crippen MR) is 98.5 cm³/mol. The molecule has 7 nitrogen and oxygen atoms in total. The lowest BCUT2D eigenvalue weighted by molar-refractivity contribution is -0.146. The van der Waals surface area contributed by atoms with E-state index < -0.39 is 34.1 Å². The van der Waals surface area contributed by atoms with Crippen LogP contribution in [0.2, 0.25) is 0 Å². The minimum atomic E-state index is -0.921. The second-order valence-electron chi connectivity index (χ2n) is 6.50. The highest BCUT2D eigenvalue weighted by Crippen LogP contribution is 2.39. The number of hydrogen-bond acceptors (Lipinski definition) is 7. The summed E-state index contributed by atoms with van der Waals surface area (Å²) in [4.78, 5) is 36.6. The Morgan fingerprint density at radius 1 is 1.19 bits per heavy atom. The Morgan fingerprint density at radius 2 is 1.85 bits per heavy atom. The molecule has 2 rings (SSSR count). The van der Waals surface area contributed by atoms with E-state index >= 15 is 0 Å². The van der Waals surface area contributed by atoms with E-state index in [1.807, 2.05) is 44.2 Å². The molecule has 0 spiro atoms. The summed E-state index contributed by atoms with van der Waals surface area (Å²) in [5.74, 6) is -1.28. The maximum atomic E-state index is 12.4. The van der Waals surface area contributed by atoms with Crippen LogP contribution >= 0.6 is 11.8 Å². The van der Waals surface area contributed by atoms with Crippen molar-refractivity contribution in [3.05, 3.63) is 35.9 Å². The Morgan fingerprint density at radius 3 is 2.42 bits per heavy atom. The molecule has 1 aromatic carbocycles. The van der Waals surface area contributed by atoms with E-state index in [1.165, 1.54) is 26.0 Å². The summed E-state index contributed by atoms with van der Waals surface area (Å²) in [5, 5.41) is 5.30. The van der Waals surface area contributed by atoms with Gasteiger partial charge < -0.3 is 14.8 Å². The zero-order valence-corrected chi connectivity index (χ0v) is 16.1. The third-order valence-corrected chi connectivity index (χ3v) is 5.68. The number of methoxy groups -OCH3 is 2. The molecule has 8 heteroatoms. The molecule has 1 aliphatic heterocycles. The second-order valence-corrected chi connectivity index (χ2v) is 8.29. The average molecular weight is 380 g/mol. The van der Waals surface area contributed by atoms with Crippen molar-refractivity contribution in [2.24, 2.45) is 0 Å². The molecule has 142 valence electrons. The quantitative estimate of drug-likeness (QED) is 0.707. The normalized spacial score (nSPS) is 22.3. The van der Waals surface area contributed by atoms with E-state index in [1.54, 1.807) is 0 Å². The minimum Gasteiger partial charge on any atom is -0.468 e. The number of ether oxygens (including phenoxy) is 2. The molecule has 1 aromatic rings. The highest BCUT2D eigenvalue weighted by atomic mass is 32.2. The molecule has 1 aliphatic rings. The molecule has 0 aliphatic carbocycles. The topological polar surface area (TPSA) is 93.7 Å². The third-order valence-electron chi connectivity index (χ3n) is 4.18. The number of nitrogens with one attached hydrogen (secondary N) is 2. The smallest absolute Gasteiger partial charge is 0.330 e. The van der Waals surface area contributed by atoms with Crippen LogP contribution < -0.4 is 10.6 Å². The molecule has 0 saturated carbocycles. The molecular weight excluding hydrogens is 356 g/mol. The van der Waals surface area contributed by atoms with Crippen molar-refractivity contribution >= 4 is 29.6 Å². The van der Waals surface area contributed by atoms with E-state index in [0.29, 0.717) is 0 Å². The Balaban J connectivity index is 2.11. The maximum Gasteiger partial charge on any atom is 0.330 e. The van der Waals surface area contributed by atoms with Crippen molar-refractivity contribution in [3.63, 3.8) is 0 Å². The van der Waals surface area contributed by atoms with E-state index in [-0.39, 0.29) is 12.3 Å². The van der Waals surface area contributed by atoms with E-state index in [4.69, 9.17) is 9.47 Å². The molecule has 0 radical (unpaired) electrons. The van der Waals surface area contributed by atoms with Gasteiger partial charge in [0.25, 0.3) is 0 Å². The average Bonchev–Trinajstić information content (AvgIpc) is 2.94. The van der Waals surface area contributed by atoms with Gasteiger partial charge in [0.05, 0.1) is 26.0 Å². The van der Waals surface area contributed by atoms with Crippen LogP contribution in [0.25, 0.3) is 0 Å². The van der Waals surface area contributed by atoms with Crippen LogP contribution in [0.3, 0.4) is 0 Å². The van der Waals surface area contributed by atoms with Gasteiger partial charge in [-0.3, -0.25) is 14.9 Å². The number of rotatable bonds is 6. The summed E-state index contributed by atoms with van der Waals surface area (Å²) in [5.41, 5.74) is 0.841. The Bertz CT molecular complexity index is 665. The molecule has 1 amide bonds. The molecule has 0 bridgehead atoms. The van der Waals surface area contributed by atoms with Gasteiger partial charge in [-0.1, -0.05) is 30.3 Å². The molecule has 26 heavy (non-hydrogen) atoms. The largest absolute Gasteiger partial charge is 0.468 e. The molecule has 0 aromatic heterocycles. The number of amides is 1. The highest BCUT2D eigenvalue weighted by Gasteiger charge is 2.50. The molecule has 3 atom stereocenters. The molecule has 1 saturated heterocycles. The van der Waals surface area contributed by atoms with Crippen molar-refractivity contribution in [1.29, 1.82) is 0 Å². The van der Waals surface area contributed by atoms with Gasteiger partial charge in [-0.05, 0) is 19.4 Å².